The van der Waals surface area contributed by atoms with Gasteiger partial charge in [0.2, 0.25) is 9.70 Å². The van der Waals surface area contributed by atoms with Crippen LogP contribution in [-0.2, 0) is 4.79 Å². The van der Waals surface area contributed by atoms with E-state index in [1.165, 1.54) is 0 Å². The standard InChI is InChI=1S/C21H24Cl3N5OS/c1-2-3-5-10-18(30)26-19(21(22,23)24)27-20(31)25-15-11-13-17(14-12-15)29-28-16-8-6-4-7-9-16/h4,6-9,11-14,19H,2-3,5,10H2,1H3,(H,26,30)(H2,25,27,31)/t19-/m0/s1. The smallest absolute Gasteiger partial charge is 0.228 e. The minimum atomic E-state index is -1.78. The fourth-order valence-electron chi connectivity index (χ4n) is 2.49. The molecule has 0 saturated heterocycles. The number of unbranched alkanes of at least 4 members (excludes halogenated alkanes) is 2. The zero-order valence-corrected chi connectivity index (χ0v) is 20.0. The molecule has 0 unspecified atom stereocenters. The van der Waals surface area contributed by atoms with Crippen LogP contribution in [0.25, 0.3) is 0 Å². The molecule has 0 aromatic heterocycles. The zero-order valence-electron chi connectivity index (χ0n) is 16.9. The van der Waals surface area contributed by atoms with E-state index in [1.54, 1.807) is 24.3 Å². The third-order valence-electron chi connectivity index (χ3n) is 4.08. The maximum atomic E-state index is 12.1. The number of azo groups is 1. The van der Waals surface area contributed by atoms with Crippen LogP contribution in [0.3, 0.4) is 0 Å². The summed E-state index contributed by atoms with van der Waals surface area (Å²) in [6.07, 6.45) is 2.11. The van der Waals surface area contributed by atoms with E-state index in [0.29, 0.717) is 17.8 Å². The lowest BCUT2D eigenvalue weighted by Crippen LogP contribution is -2.56. The van der Waals surface area contributed by atoms with Crippen LogP contribution in [0.4, 0.5) is 17.1 Å². The van der Waals surface area contributed by atoms with Gasteiger partial charge in [-0.05, 0) is 55.0 Å². The van der Waals surface area contributed by atoms with E-state index in [4.69, 9.17) is 47.0 Å². The topological polar surface area (TPSA) is 77.9 Å². The molecule has 0 aliphatic rings. The summed E-state index contributed by atoms with van der Waals surface area (Å²) < 4.78 is -1.78. The van der Waals surface area contributed by atoms with E-state index < -0.39 is 9.96 Å². The second-order valence-corrected chi connectivity index (χ2v) is 9.46. The van der Waals surface area contributed by atoms with Crippen molar-refractivity contribution in [2.75, 3.05) is 5.32 Å². The molecule has 1 amide bonds. The molecule has 0 radical (unpaired) electrons. The van der Waals surface area contributed by atoms with Crippen molar-refractivity contribution in [1.29, 1.82) is 0 Å². The molecular formula is C21H24Cl3N5OS. The molecule has 166 valence electrons. The van der Waals surface area contributed by atoms with Gasteiger partial charge in [0, 0.05) is 12.1 Å². The molecule has 0 spiro atoms. The minimum absolute atomic E-state index is 0.198. The molecule has 0 aliphatic carbocycles. The molecule has 0 fully saturated rings. The van der Waals surface area contributed by atoms with E-state index in [2.05, 4.69) is 33.1 Å². The summed E-state index contributed by atoms with van der Waals surface area (Å²) in [6, 6.07) is 16.6. The number of benzene rings is 2. The lowest BCUT2D eigenvalue weighted by Gasteiger charge is -2.27. The van der Waals surface area contributed by atoms with E-state index in [0.717, 1.165) is 24.9 Å². The van der Waals surface area contributed by atoms with Gasteiger partial charge in [-0.25, -0.2) is 0 Å². The Morgan fingerprint density at radius 1 is 0.968 bits per heavy atom. The van der Waals surface area contributed by atoms with Gasteiger partial charge in [0.25, 0.3) is 0 Å². The lowest BCUT2D eigenvalue weighted by atomic mass is 10.2. The lowest BCUT2D eigenvalue weighted by molar-refractivity contribution is -0.122. The van der Waals surface area contributed by atoms with Gasteiger partial charge in [-0.1, -0.05) is 72.8 Å². The van der Waals surface area contributed by atoms with E-state index in [9.17, 15) is 4.79 Å². The summed E-state index contributed by atoms with van der Waals surface area (Å²) >= 11 is 23.3. The normalized spacial score (nSPS) is 12.4. The largest absolute Gasteiger partial charge is 0.339 e. The van der Waals surface area contributed by atoms with Crippen molar-refractivity contribution in [1.82, 2.24) is 10.6 Å². The highest BCUT2D eigenvalue weighted by Crippen LogP contribution is 2.29. The Labute approximate surface area is 202 Å². The molecule has 10 heteroatoms. The molecule has 1 atom stereocenters. The number of halogens is 3. The SMILES string of the molecule is CCCCCC(=O)N[C@@H](NC(=S)Nc1ccc(N=Nc2ccccc2)cc1)C(Cl)(Cl)Cl. The van der Waals surface area contributed by atoms with Gasteiger partial charge in [0.1, 0.15) is 6.17 Å². The Hall–Kier alpha value is -1.93. The first kappa shape index (κ1) is 25.3. The number of amides is 1. The van der Waals surface area contributed by atoms with Crippen molar-refractivity contribution in [2.45, 2.75) is 42.6 Å². The summed E-state index contributed by atoms with van der Waals surface area (Å²) in [5, 5.41) is 17.1. The third-order valence-corrected chi connectivity index (χ3v) is 4.95. The van der Waals surface area contributed by atoms with Gasteiger partial charge >= 0.3 is 0 Å². The van der Waals surface area contributed by atoms with Crippen LogP contribution < -0.4 is 16.0 Å². The first-order chi connectivity index (χ1) is 14.8. The van der Waals surface area contributed by atoms with Gasteiger partial charge < -0.3 is 16.0 Å². The van der Waals surface area contributed by atoms with Crippen molar-refractivity contribution in [3.63, 3.8) is 0 Å². The van der Waals surface area contributed by atoms with Crippen LogP contribution in [0, 0.1) is 0 Å². The molecule has 2 aromatic rings. The third kappa shape index (κ3) is 9.82. The molecular weight excluding hydrogens is 477 g/mol. The molecule has 31 heavy (non-hydrogen) atoms. The Kier molecular flexibility index (Phi) is 10.5. The second-order valence-electron chi connectivity index (χ2n) is 6.68. The number of anilines is 1. The zero-order chi connectivity index (χ0) is 22.7. The fraction of sp³-hybridized carbons (Fsp3) is 0.333. The highest BCUT2D eigenvalue weighted by atomic mass is 35.6. The number of alkyl halides is 3. The Morgan fingerprint density at radius 3 is 2.16 bits per heavy atom. The fourth-order valence-corrected chi connectivity index (χ4v) is 3.05. The van der Waals surface area contributed by atoms with E-state index >= 15 is 0 Å². The first-order valence-electron chi connectivity index (χ1n) is 9.78. The van der Waals surface area contributed by atoms with Crippen molar-refractivity contribution >= 4 is 75.1 Å². The van der Waals surface area contributed by atoms with E-state index in [-0.39, 0.29) is 11.0 Å². The van der Waals surface area contributed by atoms with Crippen LogP contribution >= 0.6 is 47.0 Å². The molecule has 0 heterocycles. The molecule has 2 rings (SSSR count). The van der Waals surface area contributed by atoms with Gasteiger partial charge in [0.15, 0.2) is 5.11 Å². The summed E-state index contributed by atoms with van der Waals surface area (Å²) in [5.74, 6) is -0.215. The highest BCUT2D eigenvalue weighted by molar-refractivity contribution is 7.80. The van der Waals surface area contributed by atoms with Crippen LogP contribution in [0.2, 0.25) is 0 Å². The quantitative estimate of drug-likeness (QED) is 0.117. The van der Waals surface area contributed by atoms with Crippen LogP contribution in [0.15, 0.2) is 64.8 Å². The number of nitrogens with zero attached hydrogens (tertiary/aromatic N) is 2. The second kappa shape index (κ2) is 12.8. The summed E-state index contributed by atoms with van der Waals surface area (Å²) in [4.78, 5) is 12.1. The van der Waals surface area contributed by atoms with Gasteiger partial charge in [-0.3, -0.25) is 4.79 Å². The molecule has 0 saturated carbocycles. The highest BCUT2D eigenvalue weighted by Gasteiger charge is 2.34. The summed E-state index contributed by atoms with van der Waals surface area (Å²) in [7, 11) is 0. The Morgan fingerprint density at radius 2 is 1.58 bits per heavy atom. The van der Waals surface area contributed by atoms with Crippen molar-refractivity contribution in [3.05, 3.63) is 54.6 Å². The monoisotopic (exact) mass is 499 g/mol. The van der Waals surface area contributed by atoms with Gasteiger partial charge in [-0.15, -0.1) is 0 Å². The Bertz CT molecular complexity index is 873. The number of rotatable bonds is 9. The predicted molar refractivity (Wildman–Crippen MR) is 133 cm³/mol. The van der Waals surface area contributed by atoms with Crippen LogP contribution in [-0.4, -0.2) is 21.0 Å². The number of carbonyl (C=O) groups excluding carboxylic acids is 1. The summed E-state index contributed by atoms with van der Waals surface area (Å²) in [5.41, 5.74) is 2.16. The molecule has 2 aromatic carbocycles. The number of nitrogens with one attached hydrogen (secondary N) is 3. The van der Waals surface area contributed by atoms with Gasteiger partial charge in [0.05, 0.1) is 11.4 Å². The average molecular weight is 501 g/mol. The van der Waals surface area contributed by atoms with Crippen molar-refractivity contribution < 1.29 is 4.79 Å². The molecule has 6 nitrogen and oxygen atoms in total. The maximum Gasteiger partial charge on any atom is 0.228 e. The first-order valence-corrected chi connectivity index (χ1v) is 11.3. The predicted octanol–water partition coefficient (Wildman–Crippen LogP) is 6.78. The van der Waals surface area contributed by atoms with Crippen LogP contribution in [0.1, 0.15) is 32.6 Å². The van der Waals surface area contributed by atoms with E-state index in [1.807, 2.05) is 30.3 Å². The molecule has 0 aliphatic heterocycles. The minimum Gasteiger partial charge on any atom is -0.339 e. The van der Waals surface area contributed by atoms with Crippen LogP contribution in [0.5, 0.6) is 0 Å². The van der Waals surface area contributed by atoms with Crippen molar-refractivity contribution in [2.24, 2.45) is 10.2 Å². The summed E-state index contributed by atoms with van der Waals surface area (Å²) in [6.45, 7) is 2.06. The molecule has 3 N–H and O–H groups in total. The number of hydrogen-bond acceptors (Lipinski definition) is 4. The maximum absolute atomic E-state index is 12.1. The number of carbonyl (C=O) groups is 1. The number of hydrogen-bond donors (Lipinski definition) is 3. The number of thiocarbonyl (C=S) groups is 1. The van der Waals surface area contributed by atoms with Crippen molar-refractivity contribution in [3.8, 4) is 0 Å². The average Bonchev–Trinajstić information content (AvgIpc) is 2.73. The van der Waals surface area contributed by atoms with Gasteiger partial charge in [-0.2, -0.15) is 10.2 Å². The Balaban J connectivity index is 1.91. The molecule has 0 bridgehead atoms.